The summed E-state index contributed by atoms with van der Waals surface area (Å²) in [7, 11) is 0. The van der Waals surface area contributed by atoms with E-state index < -0.39 is 234 Å². The summed E-state index contributed by atoms with van der Waals surface area (Å²) in [4.78, 5) is 14.8. The van der Waals surface area contributed by atoms with Crippen molar-refractivity contribution in [3.63, 3.8) is 0 Å². The molecule has 0 aromatic rings. The molecular formula is C66H108O32. The summed E-state index contributed by atoms with van der Waals surface area (Å²) in [5.74, 6) is -0.831. The Morgan fingerprint density at radius 2 is 0.949 bits per heavy atom. The molecular weight excluding hydrogens is 1300 g/mol. The van der Waals surface area contributed by atoms with Gasteiger partial charge in [-0.2, -0.15) is 0 Å². The predicted octanol–water partition coefficient (Wildman–Crippen LogP) is -5.36. The maximum Gasteiger partial charge on any atom is 0.315 e. The van der Waals surface area contributed by atoms with E-state index >= 15 is 0 Å². The van der Waals surface area contributed by atoms with E-state index in [1.54, 1.807) is 0 Å². The van der Waals surface area contributed by atoms with Crippen LogP contribution in [0.5, 0.6) is 0 Å². The Labute approximate surface area is 567 Å². The summed E-state index contributed by atoms with van der Waals surface area (Å²) in [6.07, 6.45) is -43.0. The van der Waals surface area contributed by atoms with Crippen LogP contribution >= 0.6 is 0 Å². The Hall–Kier alpha value is -1.99. The van der Waals surface area contributed by atoms with Crippen LogP contribution in [-0.4, -0.2) is 326 Å². The van der Waals surface area contributed by atoms with Crippen molar-refractivity contribution in [3.05, 3.63) is 11.6 Å². The Kier molecular flexibility index (Phi) is 22.9. The van der Waals surface area contributed by atoms with Gasteiger partial charge < -0.3 is 154 Å². The number of carbonyl (C=O) groups excluding carboxylic acids is 1. The second-order valence-corrected chi connectivity index (χ2v) is 31.7. The minimum Gasteiger partial charge on any atom is -0.432 e. The third-order valence-electron chi connectivity index (χ3n) is 25.7. The highest BCUT2D eigenvalue weighted by molar-refractivity contribution is 5.79. The van der Waals surface area contributed by atoms with Crippen LogP contribution in [0, 0.1) is 50.2 Å². The number of esters is 1. The number of rotatable bonds is 17. The number of carbonyl (C=O) groups is 1. The molecule has 32 heteroatoms. The summed E-state index contributed by atoms with van der Waals surface area (Å²) in [6.45, 7) is 12.7. The van der Waals surface area contributed by atoms with Gasteiger partial charge in [-0.3, -0.25) is 4.79 Å². The minimum atomic E-state index is -2.02. The highest BCUT2D eigenvalue weighted by atomic mass is 16.8. The molecule has 4 saturated carbocycles. The lowest BCUT2D eigenvalue weighted by Crippen LogP contribution is -2.67. The largest absolute Gasteiger partial charge is 0.432 e. The first-order chi connectivity index (χ1) is 46.0. The molecule has 0 radical (unpaired) electrons. The molecule has 11 aliphatic rings. The third-order valence-corrected chi connectivity index (χ3v) is 25.7. The Morgan fingerprint density at radius 1 is 0.459 bits per heavy atom. The average Bonchev–Trinajstić information content (AvgIpc) is 0.675. The molecule has 564 valence electrons. The number of hydrogen-bond acceptors (Lipinski definition) is 32. The molecule has 10 fully saturated rings. The number of allylic oxidation sites excluding steroid dienone is 2. The molecule has 0 bridgehead atoms. The van der Waals surface area contributed by atoms with Gasteiger partial charge in [0.15, 0.2) is 31.5 Å². The maximum atomic E-state index is 14.8. The Morgan fingerprint density at radius 3 is 1.56 bits per heavy atom. The van der Waals surface area contributed by atoms with Gasteiger partial charge in [-0.1, -0.05) is 53.2 Å². The first kappa shape index (κ1) is 77.1. The van der Waals surface area contributed by atoms with E-state index in [0.29, 0.717) is 51.4 Å². The van der Waals surface area contributed by atoms with E-state index in [4.69, 9.17) is 56.8 Å². The normalized spacial score (nSPS) is 55.0. The first-order valence-corrected chi connectivity index (χ1v) is 34.7. The summed E-state index contributed by atoms with van der Waals surface area (Å²) < 4.78 is 70.7. The van der Waals surface area contributed by atoms with Crippen LogP contribution in [0.1, 0.15) is 120 Å². The number of hydrogen-bond donors (Lipinski definition) is 19. The molecule has 11 rings (SSSR count). The van der Waals surface area contributed by atoms with E-state index in [0.717, 1.165) is 12.8 Å². The van der Waals surface area contributed by atoms with Crippen LogP contribution in [0.15, 0.2) is 11.6 Å². The van der Waals surface area contributed by atoms with E-state index in [1.807, 2.05) is 6.92 Å². The molecule has 98 heavy (non-hydrogen) atoms. The van der Waals surface area contributed by atoms with Crippen molar-refractivity contribution in [2.75, 3.05) is 33.0 Å². The number of aliphatic hydroxyl groups is 19. The SMILES string of the molecule is CC1OC(OC2C(C)OC(OCC3OC(OC4C(CO)OC(OC5CCC6(C)C(CCC7(C)C6CC=C6C8CC(C)(C)CCC8(C(=O)OC8OC(CO)C(O)C(O)C8O)CCC67C)C5(C)CO)C(O)C4O)C(O)C(O)C3O)C(O)C2O)C(O)C(OC2OC(CO)C(O)C(O)C2O)C1O. The molecule has 6 saturated heterocycles. The standard InChI is InChI=1S/C66H108O32/c1-25-36(71)53(97-56-45(80)40(75)37(72)29(20-67)90-56)50(85)59(88-25)95-51-26(2)89-54(48(83)43(51)78)87-23-32-39(74)42(77)46(81)57(93-32)96-52-31(22-69)92-55(49(84)44(52)79)94-35-12-13-62(5)33(63(35,6)24-70)11-14-65(8)34(62)10-9-27-28-19-61(3,4)15-17-66(28,18-16-64(27,65)7)60(86)98-58-47(82)41(76)38(73)30(21-68)91-58/h9,25-26,28-59,67-85H,10-24H2,1-8H3. The molecule has 0 spiro atoms. The average molecular weight is 1410 g/mol. The summed E-state index contributed by atoms with van der Waals surface area (Å²) in [5.41, 5.74) is -1.92. The van der Waals surface area contributed by atoms with Crippen molar-refractivity contribution in [1.82, 2.24) is 0 Å². The van der Waals surface area contributed by atoms with Gasteiger partial charge in [-0.15, -0.1) is 0 Å². The van der Waals surface area contributed by atoms with Crippen LogP contribution in [0.25, 0.3) is 0 Å². The maximum absolute atomic E-state index is 14.8. The molecule has 6 aliphatic heterocycles. The van der Waals surface area contributed by atoms with Crippen molar-refractivity contribution in [1.29, 1.82) is 0 Å². The quantitative estimate of drug-likeness (QED) is 0.0367. The zero-order valence-electron chi connectivity index (χ0n) is 56.6. The van der Waals surface area contributed by atoms with Crippen molar-refractivity contribution in [2.24, 2.45) is 50.2 Å². The van der Waals surface area contributed by atoms with Gasteiger partial charge in [0.05, 0.1) is 56.8 Å². The van der Waals surface area contributed by atoms with Gasteiger partial charge in [0.25, 0.3) is 0 Å². The lowest BCUT2D eigenvalue weighted by atomic mass is 9.33. The summed E-state index contributed by atoms with van der Waals surface area (Å²) in [5, 5.41) is 207. The smallest absolute Gasteiger partial charge is 0.315 e. The van der Waals surface area contributed by atoms with Gasteiger partial charge in [0.1, 0.15) is 134 Å². The molecule has 19 N–H and O–H groups in total. The van der Waals surface area contributed by atoms with Gasteiger partial charge in [-0.05, 0) is 117 Å². The second kappa shape index (κ2) is 29.1. The highest BCUT2D eigenvalue weighted by Gasteiger charge is 2.71. The van der Waals surface area contributed by atoms with Crippen molar-refractivity contribution < 1.29 is 159 Å². The fourth-order valence-electron chi connectivity index (χ4n) is 19.3. The van der Waals surface area contributed by atoms with E-state index in [9.17, 15) is 102 Å². The van der Waals surface area contributed by atoms with Gasteiger partial charge in [0.2, 0.25) is 6.29 Å². The summed E-state index contributed by atoms with van der Waals surface area (Å²) >= 11 is 0. The topological polar surface area (TPSA) is 512 Å². The molecule has 0 aromatic carbocycles. The number of aliphatic hydroxyl groups excluding tert-OH is 19. The van der Waals surface area contributed by atoms with Crippen molar-refractivity contribution in [2.45, 2.75) is 310 Å². The van der Waals surface area contributed by atoms with Gasteiger partial charge in [-0.25, -0.2) is 0 Å². The van der Waals surface area contributed by atoms with Crippen LogP contribution in [-0.2, 0) is 61.6 Å². The van der Waals surface area contributed by atoms with Crippen molar-refractivity contribution >= 4 is 5.97 Å². The minimum absolute atomic E-state index is 0.0917. The van der Waals surface area contributed by atoms with Gasteiger partial charge >= 0.3 is 5.97 Å². The number of ether oxygens (including phenoxy) is 12. The number of fused-ring (bicyclic) bond motifs is 7. The zero-order chi connectivity index (χ0) is 71.6. The molecule has 39 unspecified atom stereocenters. The van der Waals surface area contributed by atoms with E-state index in [-0.39, 0.29) is 46.0 Å². The Bertz CT molecular complexity index is 2750. The van der Waals surface area contributed by atoms with E-state index in [2.05, 4.69) is 40.7 Å². The second-order valence-electron chi connectivity index (χ2n) is 31.7. The molecule has 5 aliphatic carbocycles. The lowest BCUT2D eigenvalue weighted by molar-refractivity contribution is -0.381. The van der Waals surface area contributed by atoms with Crippen LogP contribution in [0.4, 0.5) is 0 Å². The third kappa shape index (κ3) is 13.1. The van der Waals surface area contributed by atoms with Gasteiger partial charge in [0, 0.05) is 5.41 Å². The first-order valence-electron chi connectivity index (χ1n) is 34.7. The highest BCUT2D eigenvalue weighted by Crippen LogP contribution is 2.76. The van der Waals surface area contributed by atoms with E-state index in [1.165, 1.54) is 19.4 Å². The molecule has 0 amide bonds. The van der Waals surface area contributed by atoms with Crippen LogP contribution in [0.2, 0.25) is 0 Å². The zero-order valence-corrected chi connectivity index (χ0v) is 56.6. The molecule has 39 atom stereocenters. The van der Waals surface area contributed by atoms with Crippen LogP contribution < -0.4 is 0 Å². The fraction of sp³-hybridized carbons (Fsp3) is 0.955. The monoisotopic (exact) mass is 1410 g/mol. The fourth-order valence-corrected chi connectivity index (χ4v) is 19.3. The Balaban J connectivity index is 0.715. The lowest BCUT2D eigenvalue weighted by Gasteiger charge is -2.71. The molecule has 0 aromatic heterocycles. The summed E-state index contributed by atoms with van der Waals surface area (Å²) in [6, 6.07) is 0. The van der Waals surface area contributed by atoms with Crippen molar-refractivity contribution in [3.8, 4) is 0 Å². The van der Waals surface area contributed by atoms with Crippen LogP contribution in [0.3, 0.4) is 0 Å². The molecule has 32 nitrogen and oxygen atoms in total. The predicted molar refractivity (Wildman–Crippen MR) is 327 cm³/mol. The molecule has 6 heterocycles.